The molecule has 0 aliphatic rings. The third kappa shape index (κ3) is 4.45. The van der Waals surface area contributed by atoms with Crippen molar-refractivity contribution in [2.24, 2.45) is 0 Å². The van der Waals surface area contributed by atoms with Crippen LogP contribution in [-0.4, -0.2) is 10.1 Å². The summed E-state index contributed by atoms with van der Waals surface area (Å²) in [7, 11) is -1.20. The zero-order chi connectivity index (χ0) is 17.6. The smallest absolute Gasteiger partial charge is 0.287 e. The SMILES string of the molecule is Cc1ccccc1[S@@](=O)Cc1ccc(C(=O)NCc2ccccc2)o1. The molecule has 0 radical (unpaired) electrons. The molecule has 1 aromatic heterocycles. The lowest BCUT2D eigenvalue weighted by atomic mass is 10.2. The van der Waals surface area contributed by atoms with Gasteiger partial charge in [-0.25, -0.2) is 0 Å². The van der Waals surface area contributed by atoms with Crippen molar-refractivity contribution in [1.82, 2.24) is 5.32 Å². The lowest BCUT2D eigenvalue weighted by Crippen LogP contribution is -2.22. The van der Waals surface area contributed by atoms with Gasteiger partial charge in [-0.15, -0.1) is 0 Å². The van der Waals surface area contributed by atoms with Gasteiger partial charge in [-0.2, -0.15) is 0 Å². The Kier molecular flexibility index (Phi) is 5.46. The highest BCUT2D eigenvalue weighted by atomic mass is 32.2. The summed E-state index contributed by atoms with van der Waals surface area (Å²) in [6.45, 7) is 2.36. The monoisotopic (exact) mass is 353 g/mol. The number of nitrogens with one attached hydrogen (secondary N) is 1. The second kappa shape index (κ2) is 7.94. The van der Waals surface area contributed by atoms with Gasteiger partial charge in [0.2, 0.25) is 0 Å². The Morgan fingerprint density at radius 1 is 1.00 bits per heavy atom. The summed E-state index contributed by atoms with van der Waals surface area (Å²) < 4.78 is 18.0. The third-order valence-electron chi connectivity index (χ3n) is 3.79. The highest BCUT2D eigenvalue weighted by Gasteiger charge is 2.14. The van der Waals surface area contributed by atoms with Crippen LogP contribution in [0.3, 0.4) is 0 Å². The van der Waals surface area contributed by atoms with Crippen LogP contribution in [-0.2, 0) is 23.1 Å². The summed E-state index contributed by atoms with van der Waals surface area (Å²) >= 11 is 0. The number of carbonyl (C=O) groups is 1. The summed E-state index contributed by atoms with van der Waals surface area (Å²) in [6.07, 6.45) is 0. The minimum atomic E-state index is -1.20. The van der Waals surface area contributed by atoms with Gasteiger partial charge in [0.1, 0.15) is 5.76 Å². The molecule has 0 fully saturated rings. The normalized spacial score (nSPS) is 11.9. The van der Waals surface area contributed by atoms with Gasteiger partial charge in [0.15, 0.2) is 5.76 Å². The number of hydrogen-bond acceptors (Lipinski definition) is 3. The number of carbonyl (C=O) groups excluding carboxylic acids is 1. The molecule has 0 aliphatic heterocycles. The summed E-state index contributed by atoms with van der Waals surface area (Å²) in [5.74, 6) is 0.729. The van der Waals surface area contributed by atoms with Crippen LogP contribution >= 0.6 is 0 Å². The van der Waals surface area contributed by atoms with E-state index in [1.807, 2.05) is 61.5 Å². The van der Waals surface area contributed by atoms with Gasteiger partial charge in [-0.05, 0) is 36.2 Å². The summed E-state index contributed by atoms with van der Waals surface area (Å²) in [5.41, 5.74) is 2.00. The van der Waals surface area contributed by atoms with Crippen LogP contribution in [0.25, 0.3) is 0 Å². The molecular formula is C20H19NO3S. The van der Waals surface area contributed by atoms with Gasteiger partial charge in [-0.3, -0.25) is 9.00 Å². The predicted octanol–water partition coefficient (Wildman–Crippen LogP) is 3.83. The van der Waals surface area contributed by atoms with Crippen molar-refractivity contribution in [1.29, 1.82) is 0 Å². The van der Waals surface area contributed by atoms with Gasteiger partial charge in [0.25, 0.3) is 5.91 Å². The second-order valence-corrected chi connectivity index (χ2v) is 7.11. The molecule has 128 valence electrons. The molecule has 0 saturated carbocycles. The van der Waals surface area contributed by atoms with Crippen LogP contribution < -0.4 is 5.32 Å². The average molecular weight is 353 g/mol. The van der Waals surface area contributed by atoms with Crippen LogP contribution in [0.2, 0.25) is 0 Å². The molecule has 4 nitrogen and oxygen atoms in total. The number of benzene rings is 2. The van der Waals surface area contributed by atoms with Gasteiger partial charge >= 0.3 is 0 Å². The van der Waals surface area contributed by atoms with E-state index >= 15 is 0 Å². The first-order valence-electron chi connectivity index (χ1n) is 7.98. The fraction of sp³-hybridized carbons (Fsp3) is 0.150. The Morgan fingerprint density at radius 2 is 1.72 bits per heavy atom. The number of rotatable bonds is 6. The average Bonchev–Trinajstić information content (AvgIpc) is 3.09. The maximum atomic E-state index is 12.5. The molecule has 1 heterocycles. The number of aryl methyl sites for hydroxylation is 1. The molecule has 0 unspecified atom stereocenters. The fourth-order valence-corrected chi connectivity index (χ4v) is 3.69. The van der Waals surface area contributed by atoms with E-state index in [4.69, 9.17) is 4.42 Å². The quantitative estimate of drug-likeness (QED) is 0.733. The first kappa shape index (κ1) is 17.2. The van der Waals surface area contributed by atoms with Gasteiger partial charge in [-0.1, -0.05) is 48.5 Å². The van der Waals surface area contributed by atoms with Crippen LogP contribution in [0.4, 0.5) is 0 Å². The Bertz CT molecular complexity index is 887. The summed E-state index contributed by atoms with van der Waals surface area (Å²) in [5, 5.41) is 2.81. The zero-order valence-electron chi connectivity index (χ0n) is 13.9. The lowest BCUT2D eigenvalue weighted by molar-refractivity contribution is 0.0921. The topological polar surface area (TPSA) is 59.3 Å². The standard InChI is InChI=1S/C20H19NO3S/c1-15-7-5-6-10-19(15)25(23)14-17-11-12-18(24-17)20(22)21-13-16-8-3-2-4-9-16/h2-12H,13-14H2,1H3,(H,21,22)/t25-/m0/s1. The van der Waals surface area contributed by atoms with Crippen LogP contribution in [0, 0.1) is 6.92 Å². The molecule has 0 spiro atoms. The predicted molar refractivity (Wildman–Crippen MR) is 97.6 cm³/mol. The molecule has 3 aromatic rings. The summed E-state index contributed by atoms with van der Waals surface area (Å²) in [4.78, 5) is 12.9. The van der Waals surface area contributed by atoms with Crippen LogP contribution in [0.5, 0.6) is 0 Å². The number of amides is 1. The van der Waals surface area contributed by atoms with Crippen molar-refractivity contribution in [3.05, 3.63) is 89.4 Å². The van der Waals surface area contributed by atoms with Crippen molar-refractivity contribution in [2.45, 2.75) is 24.1 Å². The van der Waals surface area contributed by atoms with E-state index in [1.54, 1.807) is 12.1 Å². The second-order valence-electron chi connectivity index (χ2n) is 5.69. The van der Waals surface area contributed by atoms with Crippen molar-refractivity contribution in [3.63, 3.8) is 0 Å². The molecule has 0 bridgehead atoms. The molecule has 0 aliphatic carbocycles. The first-order chi connectivity index (χ1) is 12.1. The number of furan rings is 1. The van der Waals surface area contributed by atoms with Gasteiger partial charge in [0.05, 0.1) is 16.6 Å². The molecule has 1 N–H and O–H groups in total. The maximum absolute atomic E-state index is 12.5. The van der Waals surface area contributed by atoms with E-state index in [1.165, 1.54) is 0 Å². The molecule has 3 rings (SSSR count). The Labute approximate surface area is 149 Å². The molecule has 2 aromatic carbocycles. The van der Waals surface area contributed by atoms with E-state index in [0.29, 0.717) is 12.3 Å². The Hall–Kier alpha value is -2.66. The molecule has 1 atom stereocenters. The molecular weight excluding hydrogens is 334 g/mol. The van der Waals surface area contributed by atoms with Gasteiger partial charge in [0, 0.05) is 11.4 Å². The fourth-order valence-electron chi connectivity index (χ4n) is 2.46. The highest BCUT2D eigenvalue weighted by Crippen LogP contribution is 2.18. The molecule has 5 heteroatoms. The largest absolute Gasteiger partial charge is 0.455 e. The molecule has 0 saturated heterocycles. The molecule has 25 heavy (non-hydrogen) atoms. The highest BCUT2D eigenvalue weighted by molar-refractivity contribution is 7.84. The van der Waals surface area contributed by atoms with Crippen molar-refractivity contribution < 1.29 is 13.4 Å². The van der Waals surface area contributed by atoms with E-state index < -0.39 is 10.8 Å². The van der Waals surface area contributed by atoms with E-state index in [0.717, 1.165) is 16.0 Å². The van der Waals surface area contributed by atoms with Crippen LogP contribution in [0.15, 0.2) is 76.0 Å². The van der Waals surface area contributed by atoms with Crippen LogP contribution in [0.1, 0.15) is 27.4 Å². The first-order valence-corrected chi connectivity index (χ1v) is 9.30. The van der Waals surface area contributed by atoms with E-state index in [-0.39, 0.29) is 17.4 Å². The van der Waals surface area contributed by atoms with Gasteiger partial charge < -0.3 is 9.73 Å². The van der Waals surface area contributed by atoms with Crippen molar-refractivity contribution >= 4 is 16.7 Å². The Morgan fingerprint density at radius 3 is 2.48 bits per heavy atom. The third-order valence-corrected chi connectivity index (χ3v) is 5.29. The summed E-state index contributed by atoms with van der Waals surface area (Å²) in [6, 6.07) is 20.5. The lowest BCUT2D eigenvalue weighted by Gasteiger charge is -2.04. The van der Waals surface area contributed by atoms with Crippen molar-refractivity contribution in [2.75, 3.05) is 0 Å². The maximum Gasteiger partial charge on any atom is 0.287 e. The zero-order valence-corrected chi connectivity index (χ0v) is 14.7. The number of hydrogen-bond donors (Lipinski definition) is 1. The van der Waals surface area contributed by atoms with E-state index in [2.05, 4.69) is 5.32 Å². The minimum Gasteiger partial charge on any atom is -0.455 e. The Balaban J connectivity index is 1.61. The van der Waals surface area contributed by atoms with E-state index in [9.17, 15) is 9.00 Å². The molecule has 1 amide bonds. The van der Waals surface area contributed by atoms with Crippen molar-refractivity contribution in [3.8, 4) is 0 Å². The minimum absolute atomic E-state index is 0.229.